The number of fused-ring (bicyclic) bond motifs is 1. The average molecular weight is 231 g/mol. The first-order chi connectivity index (χ1) is 8.11. The summed E-state index contributed by atoms with van der Waals surface area (Å²) in [6, 6.07) is 5.02. The third kappa shape index (κ3) is 2.46. The topological polar surface area (TPSA) is 12.4 Å². The van der Waals surface area contributed by atoms with Crippen LogP contribution in [0.4, 0.5) is 4.39 Å². The highest BCUT2D eigenvalue weighted by Gasteiger charge is 2.15. The van der Waals surface area contributed by atoms with Crippen LogP contribution in [0.15, 0.2) is 35.0 Å². The molecule has 0 aliphatic carbocycles. The van der Waals surface area contributed by atoms with Gasteiger partial charge in [-0.05, 0) is 43.4 Å². The summed E-state index contributed by atoms with van der Waals surface area (Å²) >= 11 is 0. The SMILES string of the molecule is CC/C1=C\C[C@@H](C)c2ccc(F)cc2C(C)=N1. The van der Waals surface area contributed by atoms with E-state index in [1.807, 2.05) is 13.0 Å². The molecule has 0 unspecified atom stereocenters. The Morgan fingerprint density at radius 2 is 2.18 bits per heavy atom. The number of hydrogen-bond donors (Lipinski definition) is 0. The van der Waals surface area contributed by atoms with Gasteiger partial charge in [0.15, 0.2) is 0 Å². The summed E-state index contributed by atoms with van der Waals surface area (Å²) in [5.41, 5.74) is 4.17. The lowest BCUT2D eigenvalue weighted by molar-refractivity contribution is 0.625. The molecule has 0 N–H and O–H groups in total. The number of hydrogen-bond acceptors (Lipinski definition) is 1. The zero-order valence-corrected chi connectivity index (χ0v) is 10.6. The summed E-state index contributed by atoms with van der Waals surface area (Å²) in [5, 5.41) is 0. The Morgan fingerprint density at radius 1 is 1.41 bits per heavy atom. The molecule has 0 fully saturated rings. The van der Waals surface area contributed by atoms with E-state index in [1.165, 1.54) is 11.6 Å². The Kier molecular flexibility index (Phi) is 3.41. The van der Waals surface area contributed by atoms with Crippen LogP contribution in [-0.2, 0) is 0 Å². The van der Waals surface area contributed by atoms with Crippen molar-refractivity contribution in [2.45, 2.75) is 39.5 Å². The molecule has 1 aromatic carbocycles. The molecule has 1 nitrogen and oxygen atoms in total. The third-order valence-electron chi connectivity index (χ3n) is 3.32. The number of rotatable bonds is 1. The fraction of sp³-hybridized carbons (Fsp3) is 0.400. The molecule has 2 rings (SSSR count). The van der Waals surface area contributed by atoms with Crippen LogP contribution in [0, 0.1) is 5.82 Å². The largest absolute Gasteiger partial charge is 0.258 e. The summed E-state index contributed by atoms with van der Waals surface area (Å²) in [6.07, 6.45) is 4.09. The van der Waals surface area contributed by atoms with Crippen molar-refractivity contribution in [3.05, 3.63) is 46.9 Å². The molecule has 1 aliphatic heterocycles. The molecule has 17 heavy (non-hydrogen) atoms. The van der Waals surface area contributed by atoms with Crippen molar-refractivity contribution in [1.29, 1.82) is 0 Å². The fourth-order valence-electron chi connectivity index (χ4n) is 2.26. The summed E-state index contributed by atoms with van der Waals surface area (Å²) in [5.74, 6) is 0.228. The van der Waals surface area contributed by atoms with E-state index in [4.69, 9.17) is 0 Å². The number of nitrogens with zero attached hydrogens (tertiary/aromatic N) is 1. The lowest BCUT2D eigenvalue weighted by Gasteiger charge is -2.18. The summed E-state index contributed by atoms with van der Waals surface area (Å²) < 4.78 is 13.3. The molecule has 0 spiro atoms. The minimum absolute atomic E-state index is 0.187. The van der Waals surface area contributed by atoms with E-state index in [2.05, 4.69) is 24.9 Å². The molecule has 0 saturated heterocycles. The van der Waals surface area contributed by atoms with Crippen LogP contribution in [0.5, 0.6) is 0 Å². The molecule has 0 aromatic heterocycles. The normalized spacial score (nSPS) is 22.9. The van der Waals surface area contributed by atoms with Gasteiger partial charge in [0.25, 0.3) is 0 Å². The summed E-state index contributed by atoms with van der Waals surface area (Å²) in [7, 11) is 0. The molecule has 1 atom stereocenters. The van der Waals surface area contributed by atoms with Crippen molar-refractivity contribution in [2.75, 3.05) is 0 Å². The molecule has 0 bridgehead atoms. The van der Waals surface area contributed by atoms with Gasteiger partial charge in [-0.15, -0.1) is 0 Å². The smallest absolute Gasteiger partial charge is 0.123 e. The van der Waals surface area contributed by atoms with E-state index in [-0.39, 0.29) is 5.82 Å². The molecule has 0 radical (unpaired) electrons. The lowest BCUT2D eigenvalue weighted by atomic mass is 9.90. The van der Waals surface area contributed by atoms with Crippen LogP contribution in [0.25, 0.3) is 0 Å². The number of allylic oxidation sites excluding steroid dienone is 2. The predicted molar refractivity (Wildman–Crippen MR) is 70.0 cm³/mol. The van der Waals surface area contributed by atoms with E-state index in [1.54, 1.807) is 6.07 Å². The average Bonchev–Trinajstić information content (AvgIpc) is 2.32. The van der Waals surface area contributed by atoms with Gasteiger partial charge in [0.05, 0.1) is 0 Å². The first-order valence-corrected chi connectivity index (χ1v) is 6.16. The molecule has 1 aliphatic rings. The Balaban J connectivity index is 2.57. The Morgan fingerprint density at radius 3 is 2.88 bits per heavy atom. The molecule has 0 amide bonds. The molecular formula is C15H18FN. The molecular weight excluding hydrogens is 213 g/mol. The number of benzene rings is 1. The Labute approximate surface area is 102 Å². The maximum Gasteiger partial charge on any atom is 0.123 e. The maximum absolute atomic E-state index is 13.3. The number of aliphatic imine (C=N–C) groups is 1. The third-order valence-corrected chi connectivity index (χ3v) is 3.32. The second-order valence-electron chi connectivity index (χ2n) is 4.61. The van der Waals surface area contributed by atoms with Crippen LogP contribution >= 0.6 is 0 Å². The first-order valence-electron chi connectivity index (χ1n) is 6.16. The minimum atomic E-state index is -0.187. The van der Waals surface area contributed by atoms with Crippen LogP contribution in [0.1, 0.15) is 50.7 Å². The number of halogens is 1. The van der Waals surface area contributed by atoms with E-state index in [0.717, 1.165) is 29.8 Å². The lowest BCUT2D eigenvalue weighted by Crippen LogP contribution is -2.07. The maximum atomic E-state index is 13.3. The van der Waals surface area contributed by atoms with Gasteiger partial charge in [-0.25, -0.2) is 4.39 Å². The second kappa shape index (κ2) is 4.82. The van der Waals surface area contributed by atoms with Crippen LogP contribution in [0.3, 0.4) is 0 Å². The molecule has 1 aromatic rings. The van der Waals surface area contributed by atoms with Crippen molar-refractivity contribution in [2.24, 2.45) is 4.99 Å². The minimum Gasteiger partial charge on any atom is -0.258 e. The van der Waals surface area contributed by atoms with Gasteiger partial charge in [0, 0.05) is 17.0 Å². The first kappa shape index (κ1) is 12.0. The van der Waals surface area contributed by atoms with E-state index in [9.17, 15) is 4.39 Å². The van der Waals surface area contributed by atoms with Gasteiger partial charge in [0.2, 0.25) is 0 Å². The zero-order chi connectivity index (χ0) is 12.4. The van der Waals surface area contributed by atoms with Crippen LogP contribution in [-0.4, -0.2) is 5.71 Å². The van der Waals surface area contributed by atoms with Gasteiger partial charge in [-0.2, -0.15) is 0 Å². The molecule has 90 valence electrons. The molecule has 2 heteroatoms. The quantitative estimate of drug-likeness (QED) is 0.677. The van der Waals surface area contributed by atoms with Gasteiger partial charge >= 0.3 is 0 Å². The molecule has 1 heterocycles. The van der Waals surface area contributed by atoms with Gasteiger partial charge in [-0.3, -0.25) is 4.99 Å². The predicted octanol–water partition coefficient (Wildman–Crippen LogP) is 4.44. The second-order valence-corrected chi connectivity index (χ2v) is 4.61. The van der Waals surface area contributed by atoms with E-state index >= 15 is 0 Å². The van der Waals surface area contributed by atoms with Gasteiger partial charge in [-0.1, -0.05) is 26.0 Å². The summed E-state index contributed by atoms with van der Waals surface area (Å²) in [4.78, 5) is 4.58. The van der Waals surface area contributed by atoms with E-state index < -0.39 is 0 Å². The van der Waals surface area contributed by atoms with Crippen molar-refractivity contribution >= 4 is 5.71 Å². The van der Waals surface area contributed by atoms with Crippen LogP contribution in [0.2, 0.25) is 0 Å². The molecule has 0 saturated carbocycles. The van der Waals surface area contributed by atoms with Crippen molar-refractivity contribution in [1.82, 2.24) is 0 Å². The van der Waals surface area contributed by atoms with Gasteiger partial charge < -0.3 is 0 Å². The standard InChI is InChI=1S/C15H18FN/c1-4-13-7-5-10(2)14-8-6-12(16)9-15(14)11(3)17-13/h6-10H,4-5H2,1-3H3/b13-7+,17-11?/t10-/m1/s1. The highest BCUT2D eigenvalue weighted by molar-refractivity contribution is 6.00. The Bertz CT molecular complexity index is 486. The van der Waals surface area contributed by atoms with Crippen molar-refractivity contribution < 1.29 is 4.39 Å². The monoisotopic (exact) mass is 231 g/mol. The van der Waals surface area contributed by atoms with Gasteiger partial charge in [0.1, 0.15) is 5.82 Å². The Hall–Kier alpha value is -1.44. The van der Waals surface area contributed by atoms with Crippen LogP contribution < -0.4 is 0 Å². The summed E-state index contributed by atoms with van der Waals surface area (Å²) in [6.45, 7) is 6.24. The van der Waals surface area contributed by atoms with E-state index in [0.29, 0.717) is 5.92 Å². The van der Waals surface area contributed by atoms with Crippen molar-refractivity contribution in [3.63, 3.8) is 0 Å². The highest BCUT2D eigenvalue weighted by atomic mass is 19.1. The fourth-order valence-corrected chi connectivity index (χ4v) is 2.26. The van der Waals surface area contributed by atoms with Crippen molar-refractivity contribution in [3.8, 4) is 0 Å². The zero-order valence-electron chi connectivity index (χ0n) is 10.6. The highest BCUT2D eigenvalue weighted by Crippen LogP contribution is 2.28.